The number of carbonyl (C=O) groups excluding carboxylic acids is 1. The van der Waals surface area contributed by atoms with Crippen LogP contribution in [-0.4, -0.2) is 35.7 Å². The average molecular weight is 316 g/mol. The molecule has 2 rings (SSSR count). The molecule has 7 heteroatoms. The number of rotatable bonds is 4. The number of nitrogens with one attached hydrogen (secondary N) is 1. The number of hydrogen-bond acceptors (Lipinski definition) is 2. The SMILES string of the molecule is Cc1ccc(C(F)(F)F)cc1NC(=O)N(C)CC(O)C1CC1. The van der Waals surface area contributed by atoms with Crippen LogP contribution in [0.15, 0.2) is 18.2 Å². The minimum Gasteiger partial charge on any atom is -0.391 e. The molecular weight excluding hydrogens is 297 g/mol. The Morgan fingerprint density at radius 3 is 2.64 bits per heavy atom. The third-order valence-corrected chi connectivity index (χ3v) is 3.78. The predicted molar refractivity (Wildman–Crippen MR) is 76.6 cm³/mol. The molecule has 1 aromatic rings. The van der Waals surface area contributed by atoms with Crippen LogP contribution in [0.1, 0.15) is 24.0 Å². The molecule has 1 aromatic carbocycles. The first-order valence-electron chi connectivity index (χ1n) is 7.06. The van der Waals surface area contributed by atoms with E-state index in [4.69, 9.17) is 0 Å². The Morgan fingerprint density at radius 2 is 2.09 bits per heavy atom. The van der Waals surface area contributed by atoms with Crippen LogP contribution in [0.5, 0.6) is 0 Å². The normalized spacial score (nSPS) is 16.3. The van der Waals surface area contributed by atoms with Crippen molar-refractivity contribution in [2.24, 2.45) is 5.92 Å². The molecule has 122 valence electrons. The van der Waals surface area contributed by atoms with E-state index in [0.717, 1.165) is 25.0 Å². The summed E-state index contributed by atoms with van der Waals surface area (Å²) in [5, 5.41) is 12.3. The van der Waals surface area contributed by atoms with Gasteiger partial charge in [0.25, 0.3) is 0 Å². The van der Waals surface area contributed by atoms with Gasteiger partial charge in [0.05, 0.1) is 11.7 Å². The summed E-state index contributed by atoms with van der Waals surface area (Å²) < 4.78 is 38.1. The zero-order valence-electron chi connectivity index (χ0n) is 12.4. The lowest BCUT2D eigenvalue weighted by Crippen LogP contribution is -2.38. The number of benzene rings is 1. The van der Waals surface area contributed by atoms with Crippen molar-refractivity contribution in [3.8, 4) is 0 Å². The van der Waals surface area contributed by atoms with E-state index in [2.05, 4.69) is 5.32 Å². The molecule has 0 radical (unpaired) electrons. The zero-order valence-corrected chi connectivity index (χ0v) is 12.4. The summed E-state index contributed by atoms with van der Waals surface area (Å²) in [4.78, 5) is 13.3. The number of alkyl halides is 3. The van der Waals surface area contributed by atoms with Gasteiger partial charge in [-0.1, -0.05) is 6.07 Å². The number of nitrogens with zero attached hydrogens (tertiary/aromatic N) is 1. The van der Waals surface area contributed by atoms with E-state index in [1.165, 1.54) is 18.0 Å². The summed E-state index contributed by atoms with van der Waals surface area (Å²) in [6, 6.07) is 2.67. The first-order chi connectivity index (χ1) is 10.2. The molecule has 0 heterocycles. The Labute approximate surface area is 126 Å². The van der Waals surface area contributed by atoms with E-state index in [0.29, 0.717) is 5.56 Å². The maximum absolute atomic E-state index is 12.7. The van der Waals surface area contributed by atoms with Crippen LogP contribution in [-0.2, 0) is 6.18 Å². The Bertz CT molecular complexity index is 556. The number of hydrogen-bond donors (Lipinski definition) is 2. The van der Waals surface area contributed by atoms with Gasteiger partial charge in [0, 0.05) is 19.3 Å². The van der Waals surface area contributed by atoms with E-state index in [9.17, 15) is 23.1 Å². The Morgan fingerprint density at radius 1 is 1.45 bits per heavy atom. The fourth-order valence-electron chi connectivity index (χ4n) is 2.14. The van der Waals surface area contributed by atoms with Gasteiger partial charge in [-0.05, 0) is 43.4 Å². The number of aliphatic hydroxyl groups is 1. The van der Waals surface area contributed by atoms with Crippen molar-refractivity contribution in [2.75, 3.05) is 18.9 Å². The van der Waals surface area contributed by atoms with Gasteiger partial charge in [0.1, 0.15) is 0 Å². The van der Waals surface area contributed by atoms with Crippen LogP contribution < -0.4 is 5.32 Å². The second-order valence-electron chi connectivity index (χ2n) is 5.74. The van der Waals surface area contributed by atoms with E-state index in [1.807, 2.05) is 0 Å². The first kappa shape index (κ1) is 16.6. The maximum atomic E-state index is 12.7. The van der Waals surface area contributed by atoms with Crippen molar-refractivity contribution < 1.29 is 23.1 Å². The molecule has 2 amide bonds. The van der Waals surface area contributed by atoms with Crippen molar-refractivity contribution in [3.63, 3.8) is 0 Å². The number of halogens is 3. The number of urea groups is 1. The minimum atomic E-state index is -4.46. The summed E-state index contributed by atoms with van der Waals surface area (Å²) in [5.41, 5.74) is -0.154. The molecular formula is C15H19F3N2O2. The van der Waals surface area contributed by atoms with Crippen molar-refractivity contribution >= 4 is 11.7 Å². The summed E-state index contributed by atoms with van der Waals surface area (Å²) in [6.07, 6.45) is -3.15. The van der Waals surface area contributed by atoms with Gasteiger partial charge in [-0.25, -0.2) is 4.79 Å². The van der Waals surface area contributed by atoms with E-state index in [1.54, 1.807) is 6.92 Å². The number of anilines is 1. The lowest BCUT2D eigenvalue weighted by molar-refractivity contribution is -0.137. The second kappa shape index (κ2) is 6.16. The molecule has 0 aromatic heterocycles. The molecule has 1 saturated carbocycles. The molecule has 0 spiro atoms. The van der Waals surface area contributed by atoms with Gasteiger partial charge in [-0.2, -0.15) is 13.2 Å². The highest BCUT2D eigenvalue weighted by atomic mass is 19.4. The van der Waals surface area contributed by atoms with E-state index < -0.39 is 23.9 Å². The monoisotopic (exact) mass is 316 g/mol. The highest BCUT2D eigenvalue weighted by Gasteiger charge is 2.32. The average Bonchev–Trinajstić information content (AvgIpc) is 3.24. The lowest BCUT2D eigenvalue weighted by atomic mass is 10.1. The molecule has 0 bridgehead atoms. The molecule has 22 heavy (non-hydrogen) atoms. The quantitative estimate of drug-likeness (QED) is 0.896. The molecule has 0 aliphatic heterocycles. The van der Waals surface area contributed by atoms with E-state index >= 15 is 0 Å². The number of likely N-dealkylation sites (N-methyl/N-ethyl adjacent to an activating group) is 1. The highest BCUT2D eigenvalue weighted by molar-refractivity contribution is 5.90. The molecule has 1 aliphatic carbocycles. The third-order valence-electron chi connectivity index (χ3n) is 3.78. The Hall–Kier alpha value is -1.76. The fourth-order valence-corrected chi connectivity index (χ4v) is 2.14. The zero-order chi connectivity index (χ0) is 16.5. The maximum Gasteiger partial charge on any atom is 0.416 e. The summed E-state index contributed by atoms with van der Waals surface area (Å²) in [5.74, 6) is 0.227. The summed E-state index contributed by atoms with van der Waals surface area (Å²) >= 11 is 0. The Kier molecular flexibility index (Phi) is 4.65. The molecule has 1 aliphatic rings. The predicted octanol–water partition coefficient (Wildman–Crippen LogP) is 3.25. The van der Waals surface area contributed by atoms with Crippen LogP contribution in [0.3, 0.4) is 0 Å². The number of aliphatic hydroxyl groups excluding tert-OH is 1. The van der Waals surface area contributed by atoms with Gasteiger partial charge in [0.2, 0.25) is 0 Å². The topological polar surface area (TPSA) is 52.6 Å². The third kappa shape index (κ3) is 4.13. The van der Waals surface area contributed by atoms with Crippen molar-refractivity contribution in [2.45, 2.75) is 32.0 Å². The molecule has 0 saturated heterocycles. The van der Waals surface area contributed by atoms with Gasteiger partial charge in [0.15, 0.2) is 0 Å². The van der Waals surface area contributed by atoms with Crippen LogP contribution in [0.2, 0.25) is 0 Å². The van der Waals surface area contributed by atoms with Crippen LogP contribution in [0, 0.1) is 12.8 Å². The van der Waals surface area contributed by atoms with Crippen LogP contribution in [0.25, 0.3) is 0 Å². The Balaban J connectivity index is 2.03. The molecule has 2 N–H and O–H groups in total. The van der Waals surface area contributed by atoms with Crippen LogP contribution in [0.4, 0.5) is 23.7 Å². The van der Waals surface area contributed by atoms with Crippen molar-refractivity contribution in [3.05, 3.63) is 29.3 Å². The largest absolute Gasteiger partial charge is 0.416 e. The summed E-state index contributed by atoms with van der Waals surface area (Å²) in [7, 11) is 1.50. The van der Waals surface area contributed by atoms with Crippen LogP contribution >= 0.6 is 0 Å². The molecule has 1 fully saturated rings. The van der Waals surface area contributed by atoms with Gasteiger partial charge in [-0.3, -0.25) is 0 Å². The standard InChI is InChI=1S/C15H19F3N2O2/c1-9-3-6-11(15(16,17)18)7-12(9)19-14(22)20(2)8-13(21)10-4-5-10/h3,6-7,10,13,21H,4-5,8H2,1-2H3,(H,19,22). The van der Waals surface area contributed by atoms with Crippen molar-refractivity contribution in [1.29, 1.82) is 0 Å². The van der Waals surface area contributed by atoms with Gasteiger partial charge >= 0.3 is 12.2 Å². The van der Waals surface area contributed by atoms with Crippen molar-refractivity contribution in [1.82, 2.24) is 4.90 Å². The fraction of sp³-hybridized carbons (Fsp3) is 0.533. The molecule has 4 nitrogen and oxygen atoms in total. The lowest BCUT2D eigenvalue weighted by Gasteiger charge is -2.22. The molecule has 1 atom stereocenters. The van der Waals surface area contributed by atoms with Gasteiger partial charge in [-0.15, -0.1) is 0 Å². The first-order valence-corrected chi connectivity index (χ1v) is 7.06. The highest BCUT2D eigenvalue weighted by Crippen LogP contribution is 2.33. The number of carbonyl (C=O) groups is 1. The smallest absolute Gasteiger partial charge is 0.391 e. The second-order valence-corrected chi connectivity index (χ2v) is 5.74. The number of aryl methyl sites for hydroxylation is 1. The number of amides is 2. The minimum absolute atomic E-state index is 0.118. The summed E-state index contributed by atoms with van der Waals surface area (Å²) in [6.45, 7) is 1.78. The molecule has 1 unspecified atom stereocenters. The van der Waals surface area contributed by atoms with E-state index in [-0.39, 0.29) is 18.2 Å². The van der Waals surface area contributed by atoms with Gasteiger partial charge < -0.3 is 15.3 Å².